The minimum Gasteiger partial charge on any atom is -0.495 e. The van der Waals surface area contributed by atoms with Gasteiger partial charge in [-0.2, -0.15) is 0 Å². The van der Waals surface area contributed by atoms with Crippen LogP contribution in [0.4, 0.5) is 5.69 Å². The number of nitrogens with zero attached hydrogens (tertiary/aromatic N) is 1. The normalized spacial score (nSPS) is 15.5. The molecule has 3 rings (SSSR count). The van der Waals surface area contributed by atoms with Crippen molar-refractivity contribution in [2.45, 2.75) is 44.6 Å². The maximum absolute atomic E-state index is 13.0. The summed E-state index contributed by atoms with van der Waals surface area (Å²) < 4.78 is 33.9. The fourth-order valence-corrected chi connectivity index (χ4v) is 5.16. The Bertz CT molecular complexity index is 1030. The number of hydrogen-bond acceptors (Lipinski definition) is 5. The number of piperidine rings is 1. The monoisotopic (exact) mass is 459 g/mol. The summed E-state index contributed by atoms with van der Waals surface area (Å²) >= 11 is 0. The molecule has 0 aromatic heterocycles. The van der Waals surface area contributed by atoms with Gasteiger partial charge in [-0.25, -0.2) is 8.42 Å². The zero-order valence-corrected chi connectivity index (χ0v) is 20.0. The number of nitrogens with one attached hydrogen (secondary N) is 2. The van der Waals surface area contributed by atoms with Crippen molar-refractivity contribution in [2.24, 2.45) is 5.92 Å². The lowest BCUT2D eigenvalue weighted by Crippen LogP contribution is -2.45. The van der Waals surface area contributed by atoms with E-state index in [1.807, 2.05) is 19.1 Å². The van der Waals surface area contributed by atoms with E-state index in [9.17, 15) is 13.2 Å². The van der Waals surface area contributed by atoms with Gasteiger partial charge >= 0.3 is 0 Å². The first-order valence-corrected chi connectivity index (χ1v) is 12.5. The van der Waals surface area contributed by atoms with Gasteiger partial charge < -0.3 is 15.0 Å². The summed E-state index contributed by atoms with van der Waals surface area (Å²) in [6.45, 7) is 9.30. The molecule has 1 aliphatic heterocycles. The fourth-order valence-electron chi connectivity index (χ4n) is 3.90. The maximum atomic E-state index is 13.0. The van der Waals surface area contributed by atoms with Crippen molar-refractivity contribution in [1.82, 2.24) is 10.2 Å². The molecule has 0 atom stereocenters. The molecule has 1 saturated heterocycles. The number of aryl methyl sites for hydroxylation is 1. The molecule has 32 heavy (non-hydrogen) atoms. The van der Waals surface area contributed by atoms with Crippen LogP contribution in [-0.2, 0) is 10.0 Å². The quantitative estimate of drug-likeness (QED) is 0.629. The van der Waals surface area contributed by atoms with Crippen LogP contribution in [0.15, 0.2) is 47.4 Å². The highest BCUT2D eigenvalue weighted by Crippen LogP contribution is 2.27. The molecule has 0 saturated carbocycles. The van der Waals surface area contributed by atoms with E-state index in [0.29, 0.717) is 17.2 Å². The van der Waals surface area contributed by atoms with Gasteiger partial charge in [-0.1, -0.05) is 31.5 Å². The highest BCUT2D eigenvalue weighted by atomic mass is 32.2. The molecule has 174 valence electrons. The molecule has 0 radical (unpaired) electrons. The zero-order chi connectivity index (χ0) is 23.3. The lowest BCUT2D eigenvalue weighted by Gasteiger charge is -2.33. The van der Waals surface area contributed by atoms with Crippen molar-refractivity contribution in [3.05, 3.63) is 53.6 Å². The van der Waals surface area contributed by atoms with Gasteiger partial charge in [0.15, 0.2) is 0 Å². The third-order valence-corrected chi connectivity index (χ3v) is 6.97. The van der Waals surface area contributed by atoms with E-state index in [2.05, 4.69) is 28.8 Å². The van der Waals surface area contributed by atoms with Crippen LogP contribution in [0, 0.1) is 12.8 Å². The Morgan fingerprint density at radius 3 is 2.38 bits per heavy atom. The van der Waals surface area contributed by atoms with Gasteiger partial charge in [0.25, 0.3) is 15.9 Å². The average molecular weight is 460 g/mol. The highest BCUT2D eigenvalue weighted by Gasteiger charge is 2.24. The van der Waals surface area contributed by atoms with E-state index < -0.39 is 10.0 Å². The van der Waals surface area contributed by atoms with Gasteiger partial charge in [0.2, 0.25) is 0 Å². The molecule has 1 fully saturated rings. The summed E-state index contributed by atoms with van der Waals surface area (Å²) in [7, 11) is -2.53. The topological polar surface area (TPSA) is 87.7 Å². The van der Waals surface area contributed by atoms with Gasteiger partial charge in [-0.15, -0.1) is 0 Å². The average Bonchev–Trinajstić information content (AvgIpc) is 2.75. The minimum atomic E-state index is -3.94. The summed E-state index contributed by atoms with van der Waals surface area (Å²) in [4.78, 5) is 15.2. The van der Waals surface area contributed by atoms with Gasteiger partial charge in [0.05, 0.1) is 7.11 Å². The Balaban J connectivity index is 1.72. The molecule has 0 aliphatic carbocycles. The standard InChI is InChI=1S/C24H33N3O4S/c1-17(2)16-27-13-11-20(12-14-27)25-24(28)19-7-10-22(31-4)23(15-19)32(29,30)26-21-8-5-18(3)6-9-21/h5-10,15,17,20,26H,11-14,16H2,1-4H3,(H,25,28). The SMILES string of the molecule is COc1ccc(C(=O)NC2CCN(CC(C)C)CC2)cc1S(=O)(=O)Nc1ccc(C)cc1. The molecule has 1 aliphatic rings. The fraction of sp³-hybridized carbons (Fsp3) is 0.458. The molecule has 2 aromatic carbocycles. The molecule has 2 N–H and O–H groups in total. The maximum Gasteiger partial charge on any atom is 0.265 e. The summed E-state index contributed by atoms with van der Waals surface area (Å²) in [6.07, 6.45) is 1.77. The molecular weight excluding hydrogens is 426 g/mol. The smallest absolute Gasteiger partial charge is 0.265 e. The largest absolute Gasteiger partial charge is 0.495 e. The molecule has 0 unspecified atom stereocenters. The summed E-state index contributed by atoms with van der Waals surface area (Å²) in [5.41, 5.74) is 1.76. The molecule has 8 heteroatoms. The number of methoxy groups -OCH3 is 1. The molecule has 7 nitrogen and oxygen atoms in total. The van der Waals surface area contributed by atoms with Crippen LogP contribution in [0.1, 0.15) is 42.6 Å². The second kappa shape index (κ2) is 10.4. The van der Waals surface area contributed by atoms with E-state index in [1.54, 1.807) is 18.2 Å². The number of carbonyl (C=O) groups excluding carboxylic acids is 1. The number of benzene rings is 2. The Labute approximate surface area is 191 Å². The van der Waals surface area contributed by atoms with Crippen molar-refractivity contribution in [3.8, 4) is 5.75 Å². The molecular formula is C24H33N3O4S. The molecule has 0 spiro atoms. The Hall–Kier alpha value is -2.58. The lowest BCUT2D eigenvalue weighted by atomic mass is 10.0. The first-order valence-electron chi connectivity index (χ1n) is 11.0. The van der Waals surface area contributed by atoms with Gasteiger partial charge in [0.1, 0.15) is 10.6 Å². The number of hydrogen-bond donors (Lipinski definition) is 2. The van der Waals surface area contributed by atoms with Crippen molar-refractivity contribution in [2.75, 3.05) is 31.5 Å². The van der Waals surface area contributed by atoms with Crippen LogP contribution in [0.3, 0.4) is 0 Å². The highest BCUT2D eigenvalue weighted by molar-refractivity contribution is 7.92. The third kappa shape index (κ3) is 6.23. The number of likely N-dealkylation sites (tertiary alicyclic amines) is 1. The van der Waals surface area contributed by atoms with Crippen LogP contribution >= 0.6 is 0 Å². The molecule has 0 bridgehead atoms. The first-order chi connectivity index (χ1) is 15.2. The van der Waals surface area contributed by atoms with Crippen LogP contribution in [0.5, 0.6) is 5.75 Å². The Morgan fingerprint density at radius 2 is 1.78 bits per heavy atom. The van der Waals surface area contributed by atoms with Gasteiger partial charge in [-0.3, -0.25) is 9.52 Å². The Morgan fingerprint density at radius 1 is 1.12 bits per heavy atom. The van der Waals surface area contributed by atoms with Crippen LogP contribution in [0.2, 0.25) is 0 Å². The summed E-state index contributed by atoms with van der Waals surface area (Å²) in [5, 5.41) is 3.06. The van der Waals surface area contributed by atoms with E-state index >= 15 is 0 Å². The van der Waals surface area contributed by atoms with E-state index in [-0.39, 0.29) is 22.6 Å². The van der Waals surface area contributed by atoms with Gasteiger partial charge in [-0.05, 0) is 56.0 Å². The number of amides is 1. The van der Waals surface area contributed by atoms with Gasteiger partial charge in [0, 0.05) is 36.9 Å². The summed E-state index contributed by atoms with van der Waals surface area (Å²) in [6, 6.07) is 11.6. The van der Waals surface area contributed by atoms with Crippen molar-refractivity contribution < 1.29 is 17.9 Å². The number of sulfonamides is 1. The summed E-state index contributed by atoms with van der Waals surface area (Å²) in [5.74, 6) is 0.527. The zero-order valence-electron chi connectivity index (χ0n) is 19.2. The molecule has 1 heterocycles. The second-order valence-electron chi connectivity index (χ2n) is 8.78. The molecule has 1 amide bonds. The predicted molar refractivity (Wildman–Crippen MR) is 127 cm³/mol. The number of anilines is 1. The predicted octanol–water partition coefficient (Wildman–Crippen LogP) is 3.65. The number of rotatable bonds is 8. The van der Waals surface area contributed by atoms with E-state index in [1.165, 1.54) is 19.2 Å². The second-order valence-corrected chi connectivity index (χ2v) is 10.4. The number of carbonyl (C=O) groups is 1. The molecule has 2 aromatic rings. The van der Waals surface area contributed by atoms with Crippen LogP contribution < -0.4 is 14.8 Å². The first kappa shape index (κ1) is 24.1. The van der Waals surface area contributed by atoms with Crippen LogP contribution in [0.25, 0.3) is 0 Å². The van der Waals surface area contributed by atoms with E-state index in [4.69, 9.17) is 4.74 Å². The third-order valence-electron chi connectivity index (χ3n) is 5.57. The lowest BCUT2D eigenvalue weighted by molar-refractivity contribution is 0.0907. The van der Waals surface area contributed by atoms with Crippen molar-refractivity contribution in [3.63, 3.8) is 0 Å². The minimum absolute atomic E-state index is 0.0695. The van der Waals surface area contributed by atoms with Crippen LogP contribution in [-0.4, -0.2) is 52.0 Å². The van der Waals surface area contributed by atoms with Crippen molar-refractivity contribution >= 4 is 21.6 Å². The number of ether oxygens (including phenoxy) is 1. The Kier molecular flexibility index (Phi) is 7.79. The van der Waals surface area contributed by atoms with Crippen molar-refractivity contribution in [1.29, 1.82) is 0 Å². The van der Waals surface area contributed by atoms with E-state index in [0.717, 1.165) is 38.0 Å².